The molecule has 26 heavy (non-hydrogen) atoms. The van der Waals surface area contributed by atoms with Crippen molar-refractivity contribution in [2.24, 2.45) is 5.92 Å². The van der Waals surface area contributed by atoms with Gasteiger partial charge in [0.15, 0.2) is 6.04 Å². The first-order chi connectivity index (χ1) is 11.9. The van der Waals surface area contributed by atoms with Crippen molar-refractivity contribution in [1.29, 1.82) is 0 Å². The third-order valence-corrected chi connectivity index (χ3v) is 5.71. The van der Waals surface area contributed by atoms with Gasteiger partial charge in [0.25, 0.3) is 0 Å². The second kappa shape index (κ2) is 7.39. The largest absolute Gasteiger partial charge is 0.414 e. The Balaban J connectivity index is 2.17. The standard InChI is InChI=1S/C15H21F3N4O3S/c1-21(13(15(16,17)18)12-4-3-11(19)9-20-12)14(23)10-5-7-22(8-6-10)26(2,24)25/h3-4,9-10,13H,5-8,19H2,1-2H3. The fourth-order valence-electron chi connectivity index (χ4n) is 3.01. The van der Waals surface area contributed by atoms with Gasteiger partial charge in [0.2, 0.25) is 15.9 Å². The van der Waals surface area contributed by atoms with E-state index in [0.29, 0.717) is 4.90 Å². The Morgan fingerprint density at radius 1 is 1.35 bits per heavy atom. The summed E-state index contributed by atoms with van der Waals surface area (Å²) in [6.45, 7) is 0.222. The Morgan fingerprint density at radius 3 is 2.35 bits per heavy atom. The quantitative estimate of drug-likeness (QED) is 0.833. The van der Waals surface area contributed by atoms with E-state index < -0.39 is 34.1 Å². The molecule has 1 atom stereocenters. The van der Waals surface area contributed by atoms with E-state index in [9.17, 15) is 26.4 Å². The molecule has 1 aromatic rings. The minimum Gasteiger partial charge on any atom is -0.397 e. The molecule has 0 aliphatic carbocycles. The SMILES string of the molecule is CN(C(=O)C1CCN(S(C)(=O)=O)CC1)C(c1ccc(N)cn1)C(F)(F)F. The first-order valence-electron chi connectivity index (χ1n) is 7.91. The summed E-state index contributed by atoms with van der Waals surface area (Å²) in [6.07, 6.45) is -2.18. The molecule has 2 N–H and O–H groups in total. The van der Waals surface area contributed by atoms with Gasteiger partial charge in [-0.05, 0) is 25.0 Å². The molecule has 0 radical (unpaired) electrons. The Labute approximate surface area is 150 Å². The van der Waals surface area contributed by atoms with Crippen LogP contribution in [-0.2, 0) is 14.8 Å². The predicted molar refractivity (Wildman–Crippen MR) is 89.4 cm³/mol. The Morgan fingerprint density at radius 2 is 1.92 bits per heavy atom. The third-order valence-electron chi connectivity index (χ3n) is 4.41. The average Bonchev–Trinajstić information content (AvgIpc) is 2.54. The number of carbonyl (C=O) groups is 1. The summed E-state index contributed by atoms with van der Waals surface area (Å²) in [5, 5.41) is 0. The van der Waals surface area contributed by atoms with E-state index in [2.05, 4.69) is 4.98 Å². The lowest BCUT2D eigenvalue weighted by Crippen LogP contribution is -2.46. The Hall–Kier alpha value is -1.88. The number of anilines is 1. The molecule has 1 aromatic heterocycles. The van der Waals surface area contributed by atoms with Crippen molar-refractivity contribution in [3.05, 3.63) is 24.0 Å². The van der Waals surface area contributed by atoms with Gasteiger partial charge in [-0.25, -0.2) is 12.7 Å². The van der Waals surface area contributed by atoms with E-state index >= 15 is 0 Å². The molecule has 11 heteroatoms. The normalized spacial score (nSPS) is 18.5. The van der Waals surface area contributed by atoms with Gasteiger partial charge in [0.05, 0.1) is 23.8 Å². The van der Waals surface area contributed by atoms with E-state index in [0.717, 1.165) is 25.6 Å². The Kier molecular flexibility index (Phi) is 5.81. The highest BCUT2D eigenvalue weighted by Crippen LogP contribution is 2.37. The number of alkyl halides is 3. The fourth-order valence-corrected chi connectivity index (χ4v) is 3.89. The summed E-state index contributed by atoms with van der Waals surface area (Å²) in [5.41, 5.74) is 5.35. The zero-order valence-electron chi connectivity index (χ0n) is 14.4. The maximum Gasteiger partial charge on any atom is 0.414 e. The number of sulfonamides is 1. The zero-order valence-corrected chi connectivity index (χ0v) is 15.2. The van der Waals surface area contributed by atoms with Crippen LogP contribution in [0.2, 0.25) is 0 Å². The molecule has 1 aliphatic rings. The van der Waals surface area contributed by atoms with E-state index in [1.807, 2.05) is 0 Å². The summed E-state index contributed by atoms with van der Waals surface area (Å²) in [7, 11) is -2.29. The molecule has 0 aromatic carbocycles. The molecular weight excluding hydrogens is 373 g/mol. The monoisotopic (exact) mass is 394 g/mol. The summed E-state index contributed by atoms with van der Waals surface area (Å²) < 4.78 is 64.9. The number of nitrogens with zero attached hydrogens (tertiary/aromatic N) is 3. The molecule has 1 saturated heterocycles. The van der Waals surface area contributed by atoms with E-state index in [1.165, 1.54) is 10.4 Å². The van der Waals surface area contributed by atoms with Crippen LogP contribution in [0.3, 0.4) is 0 Å². The number of hydrogen-bond donors (Lipinski definition) is 1. The molecule has 2 heterocycles. The van der Waals surface area contributed by atoms with Crippen LogP contribution in [0.1, 0.15) is 24.6 Å². The predicted octanol–water partition coefficient (Wildman–Crippen LogP) is 1.40. The number of carbonyl (C=O) groups excluding carboxylic acids is 1. The van der Waals surface area contributed by atoms with Crippen LogP contribution in [-0.4, -0.2) is 61.1 Å². The average molecular weight is 394 g/mol. The highest BCUT2D eigenvalue weighted by atomic mass is 32.2. The van der Waals surface area contributed by atoms with Crippen LogP contribution in [0.25, 0.3) is 0 Å². The molecule has 1 aliphatic heterocycles. The highest BCUT2D eigenvalue weighted by molar-refractivity contribution is 7.88. The third kappa shape index (κ3) is 4.64. The molecule has 146 valence electrons. The first kappa shape index (κ1) is 20.4. The highest BCUT2D eigenvalue weighted by Gasteiger charge is 2.47. The van der Waals surface area contributed by atoms with Gasteiger partial charge in [-0.15, -0.1) is 0 Å². The van der Waals surface area contributed by atoms with Gasteiger partial charge >= 0.3 is 6.18 Å². The molecule has 1 unspecified atom stereocenters. The summed E-state index contributed by atoms with van der Waals surface area (Å²) in [5.74, 6) is -1.35. The molecule has 0 bridgehead atoms. The molecule has 0 spiro atoms. The van der Waals surface area contributed by atoms with Gasteiger partial charge in [0, 0.05) is 26.1 Å². The fraction of sp³-hybridized carbons (Fsp3) is 0.600. The van der Waals surface area contributed by atoms with Gasteiger partial charge in [-0.3, -0.25) is 9.78 Å². The maximum absolute atomic E-state index is 13.5. The van der Waals surface area contributed by atoms with Crippen LogP contribution in [0.5, 0.6) is 0 Å². The number of pyridine rings is 1. The van der Waals surface area contributed by atoms with Crippen molar-refractivity contribution in [3.63, 3.8) is 0 Å². The van der Waals surface area contributed by atoms with E-state index in [-0.39, 0.29) is 37.3 Å². The van der Waals surface area contributed by atoms with Crippen molar-refractivity contribution >= 4 is 21.6 Å². The number of amides is 1. The Bertz CT molecular complexity index is 744. The first-order valence-corrected chi connectivity index (χ1v) is 9.76. The molecule has 7 nitrogen and oxygen atoms in total. The number of nitrogens with two attached hydrogens (primary N) is 1. The number of rotatable bonds is 4. The minimum absolute atomic E-state index is 0.111. The second-order valence-corrected chi connectivity index (χ2v) is 8.33. The second-order valence-electron chi connectivity index (χ2n) is 6.35. The molecular formula is C15H21F3N4O3S. The van der Waals surface area contributed by atoms with Gasteiger partial charge in [-0.1, -0.05) is 0 Å². The van der Waals surface area contributed by atoms with Crippen LogP contribution >= 0.6 is 0 Å². The van der Waals surface area contributed by atoms with Gasteiger partial charge in [0.1, 0.15) is 0 Å². The van der Waals surface area contributed by atoms with Crippen LogP contribution < -0.4 is 5.73 Å². The maximum atomic E-state index is 13.5. The summed E-state index contributed by atoms with van der Waals surface area (Å²) in [4.78, 5) is 16.9. The molecule has 2 rings (SSSR count). The minimum atomic E-state index is -4.71. The zero-order chi connectivity index (χ0) is 19.7. The number of piperidine rings is 1. The van der Waals surface area contributed by atoms with Gasteiger partial charge < -0.3 is 10.6 Å². The molecule has 0 saturated carbocycles. The smallest absolute Gasteiger partial charge is 0.397 e. The van der Waals surface area contributed by atoms with Gasteiger partial charge in [-0.2, -0.15) is 13.2 Å². The summed E-state index contributed by atoms with van der Waals surface area (Å²) >= 11 is 0. The van der Waals surface area contributed by atoms with Crippen molar-refractivity contribution in [2.45, 2.75) is 25.1 Å². The van der Waals surface area contributed by atoms with Crippen molar-refractivity contribution in [3.8, 4) is 0 Å². The molecule has 1 amide bonds. The number of halogens is 3. The lowest BCUT2D eigenvalue weighted by atomic mass is 9.95. The lowest BCUT2D eigenvalue weighted by molar-refractivity contribution is -0.191. The van der Waals surface area contributed by atoms with E-state index in [1.54, 1.807) is 0 Å². The van der Waals surface area contributed by atoms with Crippen LogP contribution in [0.4, 0.5) is 18.9 Å². The van der Waals surface area contributed by atoms with Crippen LogP contribution in [0.15, 0.2) is 18.3 Å². The number of hydrogen-bond acceptors (Lipinski definition) is 5. The van der Waals surface area contributed by atoms with Crippen LogP contribution in [0, 0.1) is 5.92 Å². The molecule has 1 fully saturated rings. The lowest BCUT2D eigenvalue weighted by Gasteiger charge is -2.35. The van der Waals surface area contributed by atoms with E-state index in [4.69, 9.17) is 5.73 Å². The number of nitrogen functional groups attached to an aromatic ring is 1. The topological polar surface area (TPSA) is 96.6 Å². The van der Waals surface area contributed by atoms with Crippen molar-refractivity contribution in [2.75, 3.05) is 32.1 Å². The number of aromatic nitrogens is 1. The summed E-state index contributed by atoms with van der Waals surface area (Å²) in [6, 6.07) is 0.247. The van der Waals surface area contributed by atoms with Crippen molar-refractivity contribution in [1.82, 2.24) is 14.2 Å². The van der Waals surface area contributed by atoms with Crippen molar-refractivity contribution < 1.29 is 26.4 Å².